The topological polar surface area (TPSA) is 51.2 Å². The van der Waals surface area contributed by atoms with Crippen molar-refractivity contribution in [2.24, 2.45) is 0 Å². The number of aromatic nitrogens is 1. The zero-order chi connectivity index (χ0) is 14.6. The molecule has 0 fully saturated rings. The third-order valence-corrected chi connectivity index (χ3v) is 2.74. The highest BCUT2D eigenvalue weighted by atomic mass is 16.6. The summed E-state index contributed by atoms with van der Waals surface area (Å²) in [5, 5.41) is 4.22. The Morgan fingerprint density at radius 1 is 1.25 bits per heavy atom. The summed E-state index contributed by atoms with van der Waals surface area (Å²) in [7, 11) is 0. The lowest BCUT2D eigenvalue weighted by Gasteiger charge is -2.19. The Morgan fingerprint density at radius 2 is 2.00 bits per heavy atom. The molecule has 0 unspecified atom stereocenters. The lowest BCUT2D eigenvalue weighted by molar-refractivity contribution is -0.153. The van der Waals surface area contributed by atoms with Gasteiger partial charge in [-0.3, -0.25) is 9.78 Å². The molecule has 1 aromatic carbocycles. The molecule has 0 saturated heterocycles. The molecule has 0 atom stereocenters. The number of para-hydroxylation sites is 1. The molecule has 2 rings (SSSR count). The summed E-state index contributed by atoms with van der Waals surface area (Å²) in [6, 6.07) is 9.93. The maximum atomic E-state index is 11.6. The average Bonchev–Trinajstić information content (AvgIpc) is 2.37. The summed E-state index contributed by atoms with van der Waals surface area (Å²) in [5.41, 5.74) is 1.64. The molecule has 4 heteroatoms. The van der Waals surface area contributed by atoms with Gasteiger partial charge in [-0.2, -0.15) is 0 Å². The van der Waals surface area contributed by atoms with E-state index in [0.29, 0.717) is 6.54 Å². The van der Waals surface area contributed by atoms with Crippen molar-refractivity contribution in [1.29, 1.82) is 0 Å². The molecule has 0 amide bonds. The molecule has 0 aliphatic carbocycles. The van der Waals surface area contributed by atoms with Crippen LogP contribution in [0.2, 0.25) is 0 Å². The first-order chi connectivity index (χ1) is 9.46. The molecule has 0 spiro atoms. The molecule has 2 aromatic rings. The molecular weight excluding hydrogens is 252 g/mol. The van der Waals surface area contributed by atoms with E-state index in [4.69, 9.17) is 4.74 Å². The number of rotatable bonds is 4. The average molecular weight is 272 g/mol. The SMILES string of the molecule is CC(C)(C)OC(=O)CNCc1ccnc2ccccc12. The van der Waals surface area contributed by atoms with Crippen LogP contribution in [0, 0.1) is 0 Å². The van der Waals surface area contributed by atoms with Crippen molar-refractivity contribution in [3.63, 3.8) is 0 Å². The molecule has 0 bridgehead atoms. The number of fused-ring (bicyclic) bond motifs is 1. The van der Waals surface area contributed by atoms with E-state index < -0.39 is 5.60 Å². The van der Waals surface area contributed by atoms with Crippen LogP contribution in [-0.4, -0.2) is 23.1 Å². The molecule has 1 aromatic heterocycles. The minimum Gasteiger partial charge on any atom is -0.459 e. The van der Waals surface area contributed by atoms with Crippen molar-refractivity contribution in [2.45, 2.75) is 32.9 Å². The number of pyridine rings is 1. The number of benzene rings is 1. The summed E-state index contributed by atoms with van der Waals surface area (Å²) < 4.78 is 5.25. The third kappa shape index (κ3) is 4.03. The van der Waals surface area contributed by atoms with Crippen LogP contribution in [0.3, 0.4) is 0 Å². The van der Waals surface area contributed by atoms with Crippen molar-refractivity contribution >= 4 is 16.9 Å². The molecule has 0 aliphatic rings. The highest BCUT2D eigenvalue weighted by Gasteiger charge is 2.15. The lowest BCUT2D eigenvalue weighted by atomic mass is 10.1. The van der Waals surface area contributed by atoms with Gasteiger partial charge in [0.05, 0.1) is 12.1 Å². The Hall–Kier alpha value is -1.94. The van der Waals surface area contributed by atoms with Crippen molar-refractivity contribution in [1.82, 2.24) is 10.3 Å². The fourth-order valence-corrected chi connectivity index (χ4v) is 1.99. The number of nitrogens with zero attached hydrogens (tertiary/aromatic N) is 1. The zero-order valence-electron chi connectivity index (χ0n) is 12.1. The molecular formula is C16H20N2O2. The van der Waals surface area contributed by atoms with Crippen LogP contribution in [-0.2, 0) is 16.1 Å². The van der Waals surface area contributed by atoms with Gasteiger partial charge in [-0.1, -0.05) is 18.2 Å². The van der Waals surface area contributed by atoms with Gasteiger partial charge in [0, 0.05) is 18.1 Å². The molecule has 0 aliphatic heterocycles. The Labute approximate surface area is 119 Å². The minimum atomic E-state index is -0.442. The number of hydrogen-bond donors (Lipinski definition) is 1. The Bertz CT molecular complexity index is 597. The van der Waals surface area contributed by atoms with Crippen molar-refractivity contribution in [3.8, 4) is 0 Å². The van der Waals surface area contributed by atoms with Crippen LogP contribution < -0.4 is 5.32 Å². The predicted octanol–water partition coefficient (Wildman–Crippen LogP) is 2.67. The van der Waals surface area contributed by atoms with E-state index in [1.54, 1.807) is 6.20 Å². The van der Waals surface area contributed by atoms with Gasteiger partial charge in [0.25, 0.3) is 0 Å². The Balaban J connectivity index is 1.95. The highest BCUT2D eigenvalue weighted by Crippen LogP contribution is 2.15. The second-order valence-corrected chi connectivity index (χ2v) is 5.68. The Morgan fingerprint density at radius 3 is 2.75 bits per heavy atom. The fraction of sp³-hybridized carbons (Fsp3) is 0.375. The summed E-state index contributed by atoms with van der Waals surface area (Å²) in [6.07, 6.45) is 1.78. The van der Waals surface area contributed by atoms with E-state index in [-0.39, 0.29) is 12.5 Å². The van der Waals surface area contributed by atoms with E-state index in [1.165, 1.54) is 0 Å². The van der Waals surface area contributed by atoms with Gasteiger partial charge in [0.15, 0.2) is 0 Å². The van der Waals surface area contributed by atoms with Crippen LogP contribution >= 0.6 is 0 Å². The van der Waals surface area contributed by atoms with Crippen LogP contribution in [0.1, 0.15) is 26.3 Å². The van der Waals surface area contributed by atoms with Crippen LogP contribution in [0.15, 0.2) is 36.5 Å². The van der Waals surface area contributed by atoms with Gasteiger partial charge in [0.1, 0.15) is 5.60 Å². The van der Waals surface area contributed by atoms with Crippen molar-refractivity contribution < 1.29 is 9.53 Å². The number of carbonyl (C=O) groups is 1. The highest BCUT2D eigenvalue weighted by molar-refractivity contribution is 5.81. The normalized spacial score (nSPS) is 11.6. The van der Waals surface area contributed by atoms with Crippen LogP contribution in [0.4, 0.5) is 0 Å². The number of nitrogens with one attached hydrogen (secondary N) is 1. The maximum Gasteiger partial charge on any atom is 0.320 e. The predicted molar refractivity (Wildman–Crippen MR) is 79.3 cm³/mol. The largest absolute Gasteiger partial charge is 0.459 e. The van der Waals surface area contributed by atoms with E-state index in [9.17, 15) is 4.79 Å². The first kappa shape index (κ1) is 14.5. The number of esters is 1. The number of hydrogen-bond acceptors (Lipinski definition) is 4. The quantitative estimate of drug-likeness (QED) is 0.869. The molecule has 106 valence electrons. The first-order valence-electron chi connectivity index (χ1n) is 6.71. The molecule has 1 N–H and O–H groups in total. The van der Waals surface area contributed by atoms with Gasteiger partial charge < -0.3 is 10.1 Å². The van der Waals surface area contributed by atoms with E-state index in [2.05, 4.69) is 10.3 Å². The maximum absolute atomic E-state index is 11.6. The van der Waals surface area contributed by atoms with Crippen LogP contribution in [0.25, 0.3) is 10.9 Å². The summed E-state index contributed by atoms with van der Waals surface area (Å²) in [5.74, 6) is -0.240. The van der Waals surface area contributed by atoms with Gasteiger partial charge in [-0.15, -0.1) is 0 Å². The second kappa shape index (κ2) is 6.01. The molecule has 0 radical (unpaired) electrons. The monoisotopic (exact) mass is 272 g/mol. The molecule has 1 heterocycles. The van der Waals surface area contributed by atoms with E-state index in [1.807, 2.05) is 51.1 Å². The third-order valence-electron chi connectivity index (χ3n) is 2.74. The first-order valence-corrected chi connectivity index (χ1v) is 6.71. The van der Waals surface area contributed by atoms with Gasteiger partial charge in [-0.05, 0) is 38.5 Å². The summed E-state index contributed by atoms with van der Waals surface area (Å²) in [4.78, 5) is 15.9. The molecule has 0 saturated carbocycles. The standard InChI is InChI=1S/C16H20N2O2/c1-16(2,3)20-15(19)11-17-10-12-8-9-18-14-7-5-4-6-13(12)14/h4-9,17H,10-11H2,1-3H3. The fourth-order valence-electron chi connectivity index (χ4n) is 1.99. The Kier molecular flexibility index (Phi) is 4.35. The number of carbonyl (C=O) groups excluding carboxylic acids is 1. The lowest BCUT2D eigenvalue weighted by Crippen LogP contribution is -2.31. The van der Waals surface area contributed by atoms with Crippen molar-refractivity contribution in [2.75, 3.05) is 6.54 Å². The summed E-state index contributed by atoms with van der Waals surface area (Å²) >= 11 is 0. The van der Waals surface area contributed by atoms with Gasteiger partial charge >= 0.3 is 5.97 Å². The van der Waals surface area contributed by atoms with E-state index >= 15 is 0 Å². The van der Waals surface area contributed by atoms with E-state index in [0.717, 1.165) is 16.5 Å². The molecule has 20 heavy (non-hydrogen) atoms. The van der Waals surface area contributed by atoms with Gasteiger partial charge in [-0.25, -0.2) is 0 Å². The van der Waals surface area contributed by atoms with Crippen LogP contribution in [0.5, 0.6) is 0 Å². The minimum absolute atomic E-state index is 0.202. The van der Waals surface area contributed by atoms with Gasteiger partial charge in [0.2, 0.25) is 0 Å². The smallest absolute Gasteiger partial charge is 0.320 e. The summed E-state index contributed by atoms with van der Waals surface area (Å²) in [6.45, 7) is 6.40. The zero-order valence-corrected chi connectivity index (χ0v) is 12.1. The van der Waals surface area contributed by atoms with Crippen molar-refractivity contribution in [3.05, 3.63) is 42.1 Å². The molecule has 4 nitrogen and oxygen atoms in total. The number of ether oxygens (including phenoxy) is 1. The second-order valence-electron chi connectivity index (χ2n) is 5.68.